The molecular formula is C36H52N2O7. The molecule has 0 bridgehead atoms. The molecule has 2 saturated heterocycles. The second-order valence-electron chi connectivity index (χ2n) is 12.8. The Labute approximate surface area is 268 Å². The number of hydrogen-bond donors (Lipinski definition) is 3. The number of rotatable bonds is 9. The Bertz CT molecular complexity index is 1170. The lowest BCUT2D eigenvalue weighted by Crippen LogP contribution is -2.51. The van der Waals surface area contributed by atoms with Gasteiger partial charge in [0.15, 0.2) is 11.6 Å². The Hall–Kier alpha value is -2.37. The zero-order valence-corrected chi connectivity index (χ0v) is 27.1. The maximum Gasteiger partial charge on any atom is 0.310 e. The maximum absolute atomic E-state index is 12.5. The van der Waals surface area contributed by atoms with Crippen LogP contribution in [0.4, 0.5) is 0 Å². The fourth-order valence-electron chi connectivity index (χ4n) is 7.35. The van der Waals surface area contributed by atoms with Crippen molar-refractivity contribution >= 4 is 5.97 Å². The molecule has 3 N–H and O–H groups in total. The van der Waals surface area contributed by atoms with Gasteiger partial charge in [-0.3, -0.25) is 4.79 Å². The summed E-state index contributed by atoms with van der Waals surface area (Å²) in [6.07, 6.45) is 4.86. The molecule has 4 aliphatic rings. The average Bonchev–Trinajstić information content (AvgIpc) is 3.74. The normalized spacial score (nSPS) is 28.3. The van der Waals surface area contributed by atoms with Crippen LogP contribution in [-0.2, 0) is 28.5 Å². The van der Waals surface area contributed by atoms with Gasteiger partial charge in [-0.15, -0.1) is 0 Å². The minimum absolute atomic E-state index is 0.0673. The van der Waals surface area contributed by atoms with Crippen LogP contribution in [0, 0.1) is 11.8 Å². The summed E-state index contributed by atoms with van der Waals surface area (Å²) in [5, 5.41) is 17.0. The van der Waals surface area contributed by atoms with Gasteiger partial charge in [0.25, 0.3) is 0 Å². The third kappa shape index (κ3) is 8.71. The van der Waals surface area contributed by atoms with E-state index in [0.717, 1.165) is 32.1 Å². The van der Waals surface area contributed by atoms with Gasteiger partial charge in [0, 0.05) is 62.4 Å². The molecular weight excluding hydrogens is 572 g/mol. The maximum atomic E-state index is 12.5. The first-order valence-electron chi connectivity index (χ1n) is 16.8. The Morgan fingerprint density at radius 2 is 1.27 bits per heavy atom. The van der Waals surface area contributed by atoms with E-state index in [1.807, 2.05) is 31.2 Å². The van der Waals surface area contributed by atoms with Crippen molar-refractivity contribution in [2.75, 3.05) is 39.6 Å². The zero-order valence-electron chi connectivity index (χ0n) is 27.1. The van der Waals surface area contributed by atoms with Crippen LogP contribution in [0.2, 0.25) is 0 Å². The molecule has 2 aromatic carbocycles. The van der Waals surface area contributed by atoms with Gasteiger partial charge in [0.05, 0.1) is 39.0 Å². The smallest absolute Gasteiger partial charge is 0.310 e. The molecule has 9 heteroatoms. The molecule has 0 unspecified atom stereocenters. The molecule has 2 spiro atoms. The van der Waals surface area contributed by atoms with Gasteiger partial charge in [-0.2, -0.15) is 0 Å². The van der Waals surface area contributed by atoms with Gasteiger partial charge < -0.3 is 39.4 Å². The number of ether oxygens (including phenoxy) is 5. The van der Waals surface area contributed by atoms with Crippen molar-refractivity contribution in [1.82, 2.24) is 10.6 Å². The van der Waals surface area contributed by atoms with Gasteiger partial charge in [-0.05, 0) is 44.7 Å². The molecule has 2 aliphatic carbocycles. The van der Waals surface area contributed by atoms with E-state index in [1.165, 1.54) is 11.1 Å². The van der Waals surface area contributed by atoms with Crippen LogP contribution in [0.3, 0.4) is 0 Å². The fraction of sp³-hybridized carbons (Fsp3) is 0.639. The predicted molar refractivity (Wildman–Crippen MR) is 171 cm³/mol. The van der Waals surface area contributed by atoms with Crippen molar-refractivity contribution in [2.45, 2.75) is 95.0 Å². The minimum atomic E-state index is -0.592. The van der Waals surface area contributed by atoms with E-state index in [0.29, 0.717) is 45.5 Å². The predicted octanol–water partition coefficient (Wildman–Crippen LogP) is 5.05. The molecule has 0 radical (unpaired) electrons. The topological polar surface area (TPSA) is 108 Å². The Balaban J connectivity index is 0.000000179. The SMILES string of the molecule is CCOC(=O)[C@@H]1CC2(CC[C@H]1N[C@H](C)c1ccccc1)OCCO2.C[C@@H](N[C@@H]1CCC2(C[C@H]1CO)OCCO2)c1ccccc1. The molecule has 0 aromatic heterocycles. The third-order valence-corrected chi connectivity index (χ3v) is 9.81. The van der Waals surface area contributed by atoms with Crippen molar-refractivity contribution in [2.24, 2.45) is 11.8 Å². The van der Waals surface area contributed by atoms with E-state index in [-0.39, 0.29) is 42.5 Å². The number of aliphatic hydroxyl groups excluding tert-OH is 1. The molecule has 45 heavy (non-hydrogen) atoms. The van der Waals surface area contributed by atoms with Crippen LogP contribution in [0.15, 0.2) is 60.7 Å². The number of esters is 1. The molecule has 2 aliphatic heterocycles. The van der Waals surface area contributed by atoms with Gasteiger partial charge >= 0.3 is 5.97 Å². The summed E-state index contributed by atoms with van der Waals surface area (Å²) >= 11 is 0. The van der Waals surface area contributed by atoms with E-state index in [4.69, 9.17) is 23.7 Å². The Morgan fingerprint density at radius 3 is 1.76 bits per heavy atom. The molecule has 6 rings (SSSR count). The lowest BCUT2D eigenvalue weighted by Gasteiger charge is -2.41. The lowest BCUT2D eigenvalue weighted by molar-refractivity contribution is -0.199. The highest BCUT2D eigenvalue weighted by Crippen LogP contribution is 2.41. The summed E-state index contributed by atoms with van der Waals surface area (Å²) < 4.78 is 28.5. The summed E-state index contributed by atoms with van der Waals surface area (Å²) in [7, 11) is 0. The van der Waals surface area contributed by atoms with E-state index in [2.05, 4.69) is 60.9 Å². The molecule has 4 fully saturated rings. The van der Waals surface area contributed by atoms with Crippen LogP contribution < -0.4 is 10.6 Å². The number of carbonyl (C=O) groups is 1. The van der Waals surface area contributed by atoms with Crippen molar-refractivity contribution < 1.29 is 33.6 Å². The fourth-order valence-corrected chi connectivity index (χ4v) is 7.35. The molecule has 9 nitrogen and oxygen atoms in total. The highest BCUT2D eigenvalue weighted by Gasteiger charge is 2.48. The van der Waals surface area contributed by atoms with Crippen molar-refractivity contribution in [3.63, 3.8) is 0 Å². The summed E-state index contributed by atoms with van der Waals surface area (Å²) in [4.78, 5) is 12.5. The molecule has 248 valence electrons. The summed E-state index contributed by atoms with van der Waals surface area (Å²) in [5.74, 6) is -1.24. The zero-order chi connectivity index (χ0) is 31.7. The molecule has 2 heterocycles. The van der Waals surface area contributed by atoms with E-state index >= 15 is 0 Å². The highest BCUT2D eigenvalue weighted by atomic mass is 16.7. The van der Waals surface area contributed by atoms with Crippen LogP contribution in [0.1, 0.15) is 82.5 Å². The van der Waals surface area contributed by atoms with Crippen LogP contribution in [0.5, 0.6) is 0 Å². The molecule has 2 saturated carbocycles. The first kappa shape index (κ1) is 34.0. The van der Waals surface area contributed by atoms with Crippen molar-refractivity contribution in [3.8, 4) is 0 Å². The standard InChI is InChI=1S/C19H27NO4.C17H25NO3/c1-3-22-18(21)16-13-19(23-11-12-24-19)10-9-17(16)20-14(2)15-7-5-4-6-8-15;1-13(14-5-3-2-4-6-14)18-16-7-8-17(11-15(16)12-19)20-9-10-21-17/h4-8,14,16-17,20H,3,9-13H2,1-2H3;2-6,13,15-16,18-19H,7-12H2,1H3/t14-,16-,17-;13-,15+,16-/m11/s1. The largest absolute Gasteiger partial charge is 0.466 e. The van der Waals surface area contributed by atoms with E-state index < -0.39 is 11.6 Å². The quantitative estimate of drug-likeness (QED) is 0.330. The summed E-state index contributed by atoms with van der Waals surface area (Å²) in [6, 6.07) is 21.5. The van der Waals surface area contributed by atoms with Gasteiger partial charge in [-0.1, -0.05) is 60.7 Å². The Morgan fingerprint density at radius 1 is 0.800 bits per heavy atom. The van der Waals surface area contributed by atoms with Gasteiger partial charge in [-0.25, -0.2) is 0 Å². The molecule has 6 atom stereocenters. The number of nitrogens with one attached hydrogen (secondary N) is 2. The van der Waals surface area contributed by atoms with Gasteiger partial charge in [0.2, 0.25) is 0 Å². The molecule has 2 aromatic rings. The molecule has 0 amide bonds. The van der Waals surface area contributed by atoms with Crippen molar-refractivity contribution in [3.05, 3.63) is 71.8 Å². The Kier molecular flexibility index (Phi) is 12.0. The number of carbonyl (C=O) groups excluding carboxylic acids is 1. The third-order valence-electron chi connectivity index (χ3n) is 9.81. The van der Waals surface area contributed by atoms with Crippen LogP contribution >= 0.6 is 0 Å². The monoisotopic (exact) mass is 624 g/mol. The number of aliphatic hydroxyl groups is 1. The van der Waals surface area contributed by atoms with E-state index in [1.54, 1.807) is 0 Å². The minimum Gasteiger partial charge on any atom is -0.466 e. The second kappa shape index (κ2) is 16.0. The average molecular weight is 625 g/mol. The number of hydrogen-bond acceptors (Lipinski definition) is 9. The van der Waals surface area contributed by atoms with Crippen molar-refractivity contribution in [1.29, 1.82) is 0 Å². The second-order valence-corrected chi connectivity index (χ2v) is 12.8. The summed E-state index contributed by atoms with van der Waals surface area (Å²) in [5.41, 5.74) is 2.50. The lowest BCUT2D eigenvalue weighted by atomic mass is 9.80. The summed E-state index contributed by atoms with van der Waals surface area (Å²) in [6.45, 7) is 9.28. The van der Waals surface area contributed by atoms with Crippen LogP contribution in [-0.4, -0.2) is 74.4 Å². The first-order valence-corrected chi connectivity index (χ1v) is 16.8. The van der Waals surface area contributed by atoms with E-state index in [9.17, 15) is 9.90 Å². The highest BCUT2D eigenvalue weighted by molar-refractivity contribution is 5.73. The first-order chi connectivity index (χ1) is 21.9. The van der Waals surface area contributed by atoms with Crippen LogP contribution in [0.25, 0.3) is 0 Å². The van der Waals surface area contributed by atoms with Gasteiger partial charge in [0.1, 0.15) is 0 Å². The number of benzene rings is 2.